The first-order valence-electron chi connectivity index (χ1n) is 7.27. The molecule has 0 aromatic heterocycles. The predicted octanol–water partition coefficient (Wildman–Crippen LogP) is 1.61. The minimum atomic E-state index is -0.0175. The first-order chi connectivity index (χ1) is 8.17. The van der Waals surface area contributed by atoms with Crippen molar-refractivity contribution in [3.05, 3.63) is 0 Å². The first-order valence-corrected chi connectivity index (χ1v) is 7.27. The molecule has 17 heavy (non-hydrogen) atoms. The van der Waals surface area contributed by atoms with Gasteiger partial charge in [0.25, 0.3) is 0 Å². The van der Waals surface area contributed by atoms with E-state index in [2.05, 4.69) is 24.1 Å². The molecule has 0 spiro atoms. The maximum Gasteiger partial charge on any atom is 0.0610 e. The fourth-order valence-electron chi connectivity index (χ4n) is 3.59. The lowest BCUT2D eigenvalue weighted by molar-refractivity contribution is 0.130. The quantitative estimate of drug-likeness (QED) is 0.784. The number of nitrogens with zero attached hydrogens (tertiary/aromatic N) is 1. The molecule has 0 amide bonds. The number of piperidine rings is 1. The lowest BCUT2D eigenvalue weighted by atomic mass is 9.88. The van der Waals surface area contributed by atoms with Crippen molar-refractivity contribution in [3.63, 3.8) is 0 Å². The molecule has 3 unspecified atom stereocenters. The van der Waals surface area contributed by atoms with Crippen LogP contribution in [0.5, 0.6) is 0 Å². The van der Waals surface area contributed by atoms with E-state index in [1.165, 1.54) is 38.8 Å². The number of hydrogen-bond acceptors (Lipinski definition) is 3. The van der Waals surface area contributed by atoms with Gasteiger partial charge in [-0.2, -0.15) is 0 Å². The first kappa shape index (κ1) is 13.3. The fraction of sp³-hybridized carbons (Fsp3) is 1.00. The summed E-state index contributed by atoms with van der Waals surface area (Å²) in [6, 6.07) is 0.793. The molecule has 0 aromatic carbocycles. The largest absolute Gasteiger partial charge is 0.394 e. The summed E-state index contributed by atoms with van der Waals surface area (Å²) < 4.78 is 0. The van der Waals surface area contributed by atoms with Crippen LogP contribution < -0.4 is 5.32 Å². The second-order valence-corrected chi connectivity index (χ2v) is 6.18. The van der Waals surface area contributed by atoms with Crippen molar-refractivity contribution in [2.24, 2.45) is 5.92 Å². The number of hydrogen-bond donors (Lipinski definition) is 2. The Bertz CT molecular complexity index is 246. The van der Waals surface area contributed by atoms with E-state index >= 15 is 0 Å². The second-order valence-electron chi connectivity index (χ2n) is 6.18. The molecular weight excluding hydrogens is 212 g/mol. The minimum absolute atomic E-state index is 0.0175. The highest BCUT2D eigenvalue weighted by atomic mass is 16.3. The van der Waals surface area contributed by atoms with Gasteiger partial charge in [0, 0.05) is 11.6 Å². The van der Waals surface area contributed by atoms with Crippen LogP contribution in [-0.4, -0.2) is 47.8 Å². The van der Waals surface area contributed by atoms with Gasteiger partial charge in [0.05, 0.1) is 6.61 Å². The molecular formula is C14H28N2O. The summed E-state index contributed by atoms with van der Waals surface area (Å²) >= 11 is 0. The Morgan fingerprint density at radius 2 is 2.24 bits per heavy atom. The summed E-state index contributed by atoms with van der Waals surface area (Å²) in [7, 11) is 0. The monoisotopic (exact) mass is 240 g/mol. The van der Waals surface area contributed by atoms with Crippen LogP contribution in [0.25, 0.3) is 0 Å². The van der Waals surface area contributed by atoms with Crippen LogP contribution in [0.2, 0.25) is 0 Å². The lowest BCUT2D eigenvalue weighted by Gasteiger charge is -2.36. The summed E-state index contributed by atoms with van der Waals surface area (Å²) in [6.45, 7) is 8.27. The van der Waals surface area contributed by atoms with E-state index < -0.39 is 0 Å². The van der Waals surface area contributed by atoms with Crippen LogP contribution >= 0.6 is 0 Å². The van der Waals surface area contributed by atoms with Gasteiger partial charge in [0.15, 0.2) is 0 Å². The Labute approximate surface area is 106 Å². The van der Waals surface area contributed by atoms with Crippen molar-refractivity contribution < 1.29 is 5.11 Å². The van der Waals surface area contributed by atoms with E-state index in [9.17, 15) is 5.11 Å². The molecule has 2 rings (SSSR count). The number of aliphatic hydroxyl groups excluding tert-OH is 1. The molecule has 0 radical (unpaired) electrons. The number of rotatable bonds is 4. The Kier molecular flexibility index (Phi) is 4.45. The molecule has 2 aliphatic rings. The Morgan fingerprint density at radius 3 is 2.88 bits per heavy atom. The van der Waals surface area contributed by atoms with Crippen molar-refractivity contribution in [1.29, 1.82) is 0 Å². The molecule has 2 fully saturated rings. The smallest absolute Gasteiger partial charge is 0.0610 e. The van der Waals surface area contributed by atoms with Gasteiger partial charge in [0.2, 0.25) is 0 Å². The second kappa shape index (κ2) is 5.68. The van der Waals surface area contributed by atoms with Gasteiger partial charge >= 0.3 is 0 Å². The zero-order valence-corrected chi connectivity index (χ0v) is 11.4. The van der Waals surface area contributed by atoms with Gasteiger partial charge in [0.1, 0.15) is 0 Å². The molecule has 2 saturated heterocycles. The number of aliphatic hydroxyl groups is 1. The van der Waals surface area contributed by atoms with E-state index in [0.717, 1.165) is 24.9 Å². The van der Waals surface area contributed by atoms with E-state index in [1.807, 2.05) is 0 Å². The SMILES string of the molecule is CCN1CCCCC1CC1CNC(C)(CO)C1. The molecule has 3 heteroatoms. The zero-order chi connectivity index (χ0) is 12.3. The summed E-state index contributed by atoms with van der Waals surface area (Å²) in [5.74, 6) is 0.754. The van der Waals surface area contributed by atoms with Gasteiger partial charge < -0.3 is 15.3 Å². The zero-order valence-electron chi connectivity index (χ0n) is 11.4. The summed E-state index contributed by atoms with van der Waals surface area (Å²) in [5.41, 5.74) is -0.0175. The highest BCUT2D eigenvalue weighted by Gasteiger charge is 2.35. The molecule has 0 bridgehead atoms. The topological polar surface area (TPSA) is 35.5 Å². The lowest BCUT2D eigenvalue weighted by Crippen LogP contribution is -2.40. The van der Waals surface area contributed by atoms with Crippen molar-refractivity contribution in [3.8, 4) is 0 Å². The van der Waals surface area contributed by atoms with Gasteiger partial charge in [-0.25, -0.2) is 0 Å². The third kappa shape index (κ3) is 3.21. The van der Waals surface area contributed by atoms with Crippen molar-refractivity contribution in [2.45, 2.75) is 57.5 Å². The highest BCUT2D eigenvalue weighted by molar-refractivity contribution is 4.94. The molecule has 0 saturated carbocycles. The van der Waals surface area contributed by atoms with Crippen molar-refractivity contribution in [1.82, 2.24) is 10.2 Å². The third-order valence-corrected chi connectivity index (χ3v) is 4.67. The maximum atomic E-state index is 9.37. The van der Waals surface area contributed by atoms with Gasteiger partial charge in [-0.1, -0.05) is 13.3 Å². The molecule has 3 atom stereocenters. The Balaban J connectivity index is 1.84. The number of nitrogens with one attached hydrogen (secondary N) is 1. The van der Waals surface area contributed by atoms with Crippen LogP contribution in [0.15, 0.2) is 0 Å². The third-order valence-electron chi connectivity index (χ3n) is 4.67. The van der Waals surface area contributed by atoms with Crippen molar-refractivity contribution in [2.75, 3.05) is 26.2 Å². The summed E-state index contributed by atoms with van der Waals surface area (Å²) in [4.78, 5) is 2.65. The predicted molar refractivity (Wildman–Crippen MR) is 71.1 cm³/mol. The molecule has 100 valence electrons. The normalized spacial score (nSPS) is 39.7. The van der Waals surface area contributed by atoms with E-state index in [4.69, 9.17) is 0 Å². The van der Waals surface area contributed by atoms with E-state index in [-0.39, 0.29) is 12.1 Å². The average molecular weight is 240 g/mol. The summed E-state index contributed by atoms with van der Waals surface area (Å²) in [6.07, 6.45) is 6.61. The van der Waals surface area contributed by atoms with Crippen LogP contribution in [-0.2, 0) is 0 Å². The molecule has 3 nitrogen and oxygen atoms in total. The van der Waals surface area contributed by atoms with Crippen molar-refractivity contribution >= 4 is 0 Å². The standard InChI is InChI=1S/C14H28N2O/c1-3-16-7-5-4-6-13(16)8-12-9-14(2,11-17)15-10-12/h12-13,15,17H,3-11H2,1-2H3. The van der Waals surface area contributed by atoms with E-state index in [1.54, 1.807) is 0 Å². The molecule has 2 aliphatic heterocycles. The fourth-order valence-corrected chi connectivity index (χ4v) is 3.59. The molecule has 2 N–H and O–H groups in total. The highest BCUT2D eigenvalue weighted by Crippen LogP contribution is 2.30. The molecule has 2 heterocycles. The van der Waals surface area contributed by atoms with Crippen LogP contribution in [0.3, 0.4) is 0 Å². The van der Waals surface area contributed by atoms with Gasteiger partial charge in [-0.3, -0.25) is 0 Å². The van der Waals surface area contributed by atoms with Crippen LogP contribution in [0, 0.1) is 5.92 Å². The van der Waals surface area contributed by atoms with E-state index in [0.29, 0.717) is 0 Å². The average Bonchev–Trinajstić information content (AvgIpc) is 2.73. The van der Waals surface area contributed by atoms with Gasteiger partial charge in [-0.15, -0.1) is 0 Å². The summed E-state index contributed by atoms with van der Waals surface area (Å²) in [5, 5.41) is 12.9. The van der Waals surface area contributed by atoms with Gasteiger partial charge in [-0.05, 0) is 58.2 Å². The number of likely N-dealkylation sites (tertiary alicyclic amines) is 1. The van der Waals surface area contributed by atoms with Crippen LogP contribution in [0.1, 0.15) is 46.0 Å². The maximum absolute atomic E-state index is 9.37. The Hall–Kier alpha value is -0.120. The Morgan fingerprint density at radius 1 is 1.41 bits per heavy atom. The van der Waals surface area contributed by atoms with Crippen LogP contribution in [0.4, 0.5) is 0 Å². The molecule has 0 aromatic rings. The minimum Gasteiger partial charge on any atom is -0.394 e. The molecule has 0 aliphatic carbocycles.